The number of halogens is 1. The van der Waals surface area contributed by atoms with Crippen molar-refractivity contribution in [2.24, 2.45) is 5.92 Å². The number of thiophene rings is 1. The summed E-state index contributed by atoms with van der Waals surface area (Å²) < 4.78 is 15.5. The maximum Gasteiger partial charge on any atom is 0.256 e. The van der Waals surface area contributed by atoms with E-state index in [0.717, 1.165) is 41.8 Å². The number of nitrogens with zero attached hydrogens (tertiary/aromatic N) is 2. The number of aryl methyl sites for hydroxylation is 1. The summed E-state index contributed by atoms with van der Waals surface area (Å²) >= 11 is 1.35. The zero-order chi connectivity index (χ0) is 23.8. The Morgan fingerprint density at radius 2 is 1.79 bits per heavy atom. The molecule has 0 saturated carbocycles. The standard InChI is InChI=1S/C27H26FN3O2S/c1-17-16-19(8-10-22(17)28)29-24-21-9-11-23(32)31(20-6-4-3-5-7-20)27(21)34-26(24)25(33)18-12-14-30(2)15-13-18/h3-11,16,18,29H,12-15H2,1-2H3. The highest BCUT2D eigenvalue weighted by molar-refractivity contribution is 7.21. The topological polar surface area (TPSA) is 54.3 Å². The Bertz CT molecular complexity index is 1420. The Labute approximate surface area is 201 Å². The van der Waals surface area contributed by atoms with Crippen LogP contribution in [-0.4, -0.2) is 35.4 Å². The van der Waals surface area contributed by atoms with Crippen molar-refractivity contribution in [1.82, 2.24) is 9.47 Å². The zero-order valence-corrected chi connectivity index (χ0v) is 20.0. The number of piperidine rings is 1. The number of benzene rings is 2. The SMILES string of the molecule is Cc1cc(Nc2c(C(=O)C3CCN(C)CC3)sc3c2ccc(=O)n3-c2ccccc2)ccc1F. The molecule has 5 nitrogen and oxygen atoms in total. The molecule has 1 fully saturated rings. The molecular weight excluding hydrogens is 449 g/mol. The molecule has 7 heteroatoms. The number of rotatable bonds is 5. The van der Waals surface area contributed by atoms with Gasteiger partial charge in [0.05, 0.1) is 16.3 Å². The molecule has 1 aliphatic rings. The molecule has 0 bridgehead atoms. The number of Topliss-reactive ketones (excluding diaryl/α,β-unsaturated/α-hetero) is 1. The first-order valence-electron chi connectivity index (χ1n) is 11.4. The van der Waals surface area contributed by atoms with Crippen molar-refractivity contribution in [3.8, 4) is 5.69 Å². The number of aromatic nitrogens is 1. The number of pyridine rings is 1. The lowest BCUT2D eigenvalue weighted by Gasteiger charge is -2.27. The molecule has 3 heterocycles. The van der Waals surface area contributed by atoms with E-state index in [0.29, 0.717) is 21.8 Å². The summed E-state index contributed by atoms with van der Waals surface area (Å²) in [6.45, 7) is 3.48. The number of nitrogens with one attached hydrogen (secondary N) is 1. The zero-order valence-electron chi connectivity index (χ0n) is 19.2. The van der Waals surface area contributed by atoms with Crippen LogP contribution in [0, 0.1) is 18.7 Å². The normalized spacial score (nSPS) is 15.0. The number of hydrogen-bond donors (Lipinski definition) is 1. The van der Waals surface area contributed by atoms with E-state index >= 15 is 0 Å². The van der Waals surface area contributed by atoms with Crippen molar-refractivity contribution in [2.45, 2.75) is 19.8 Å². The largest absolute Gasteiger partial charge is 0.354 e. The smallest absolute Gasteiger partial charge is 0.256 e. The number of likely N-dealkylation sites (tertiary alicyclic amines) is 1. The van der Waals surface area contributed by atoms with Gasteiger partial charge in [-0.05, 0) is 81.9 Å². The quantitative estimate of drug-likeness (QED) is 0.373. The predicted molar refractivity (Wildman–Crippen MR) is 136 cm³/mol. The van der Waals surface area contributed by atoms with Crippen LogP contribution in [0.25, 0.3) is 15.9 Å². The van der Waals surface area contributed by atoms with Crippen LogP contribution >= 0.6 is 11.3 Å². The first-order valence-corrected chi connectivity index (χ1v) is 12.2. The lowest BCUT2D eigenvalue weighted by Crippen LogP contribution is -2.33. The van der Waals surface area contributed by atoms with Crippen molar-refractivity contribution in [1.29, 1.82) is 0 Å². The lowest BCUT2D eigenvalue weighted by molar-refractivity contribution is 0.0862. The van der Waals surface area contributed by atoms with E-state index in [4.69, 9.17) is 0 Å². The fourth-order valence-electron chi connectivity index (χ4n) is 4.52. The molecule has 0 aliphatic carbocycles. The third-order valence-electron chi connectivity index (χ3n) is 6.50. The molecule has 0 amide bonds. The second-order valence-electron chi connectivity index (χ2n) is 8.90. The van der Waals surface area contributed by atoms with E-state index in [2.05, 4.69) is 17.3 Å². The first-order chi connectivity index (χ1) is 16.4. The highest BCUT2D eigenvalue weighted by Gasteiger charge is 2.29. The first kappa shape index (κ1) is 22.5. The van der Waals surface area contributed by atoms with Gasteiger partial charge >= 0.3 is 0 Å². The average Bonchev–Trinajstić information content (AvgIpc) is 3.20. The van der Waals surface area contributed by atoms with E-state index in [-0.39, 0.29) is 23.1 Å². The van der Waals surface area contributed by atoms with Gasteiger partial charge in [0, 0.05) is 23.1 Å². The highest BCUT2D eigenvalue weighted by atomic mass is 32.1. The van der Waals surface area contributed by atoms with Crippen LogP contribution in [0.5, 0.6) is 0 Å². The van der Waals surface area contributed by atoms with E-state index < -0.39 is 0 Å². The van der Waals surface area contributed by atoms with Crippen LogP contribution in [0.15, 0.2) is 65.5 Å². The molecule has 0 unspecified atom stereocenters. The highest BCUT2D eigenvalue weighted by Crippen LogP contribution is 2.40. The van der Waals surface area contributed by atoms with E-state index in [1.807, 2.05) is 30.3 Å². The molecule has 0 spiro atoms. The van der Waals surface area contributed by atoms with Crippen LogP contribution in [-0.2, 0) is 0 Å². The number of carbonyl (C=O) groups is 1. The molecule has 4 aromatic rings. The number of hydrogen-bond acceptors (Lipinski definition) is 5. The number of fused-ring (bicyclic) bond motifs is 1. The van der Waals surface area contributed by atoms with E-state index in [1.54, 1.807) is 29.7 Å². The second kappa shape index (κ2) is 9.16. The third-order valence-corrected chi connectivity index (χ3v) is 7.70. The number of ketones is 1. The fraction of sp³-hybridized carbons (Fsp3) is 0.259. The van der Waals surface area contributed by atoms with Gasteiger partial charge in [-0.15, -0.1) is 11.3 Å². The molecule has 1 saturated heterocycles. The molecule has 2 aromatic heterocycles. The summed E-state index contributed by atoms with van der Waals surface area (Å²) in [5, 5.41) is 4.19. The Morgan fingerprint density at radius 3 is 2.50 bits per heavy atom. The minimum Gasteiger partial charge on any atom is -0.354 e. The molecule has 2 aromatic carbocycles. The molecule has 0 atom stereocenters. The van der Waals surface area contributed by atoms with Gasteiger partial charge < -0.3 is 10.2 Å². The monoisotopic (exact) mass is 475 g/mol. The van der Waals surface area contributed by atoms with Crippen molar-refractivity contribution < 1.29 is 9.18 Å². The minimum absolute atomic E-state index is 0.0586. The van der Waals surface area contributed by atoms with Crippen LogP contribution in [0.2, 0.25) is 0 Å². The maximum absolute atomic E-state index is 13.9. The Kier molecular flexibility index (Phi) is 6.06. The predicted octanol–water partition coefficient (Wildman–Crippen LogP) is 5.77. The third kappa shape index (κ3) is 4.17. The van der Waals surface area contributed by atoms with Crippen molar-refractivity contribution in [3.05, 3.63) is 87.3 Å². The summed E-state index contributed by atoms with van der Waals surface area (Å²) in [5.41, 5.74) is 2.51. The van der Waals surface area contributed by atoms with E-state index in [1.165, 1.54) is 23.5 Å². The summed E-state index contributed by atoms with van der Waals surface area (Å²) in [6, 6.07) is 17.6. The lowest BCUT2D eigenvalue weighted by atomic mass is 9.91. The number of carbonyl (C=O) groups excluding carboxylic acids is 1. The van der Waals surface area contributed by atoms with Gasteiger partial charge in [-0.25, -0.2) is 4.39 Å². The Hall–Kier alpha value is -3.29. The van der Waals surface area contributed by atoms with Crippen molar-refractivity contribution in [2.75, 3.05) is 25.5 Å². The second-order valence-corrected chi connectivity index (χ2v) is 9.90. The van der Waals surface area contributed by atoms with Gasteiger partial charge in [0.15, 0.2) is 5.78 Å². The fourth-order valence-corrected chi connectivity index (χ4v) is 5.81. The van der Waals surface area contributed by atoms with Gasteiger partial charge in [0.2, 0.25) is 0 Å². The van der Waals surface area contributed by atoms with Gasteiger partial charge in [-0.2, -0.15) is 0 Å². The molecule has 34 heavy (non-hydrogen) atoms. The van der Waals surface area contributed by atoms with Gasteiger partial charge in [-0.3, -0.25) is 14.2 Å². The Balaban J connectivity index is 1.68. The molecule has 174 valence electrons. The van der Waals surface area contributed by atoms with Gasteiger partial charge in [0.25, 0.3) is 5.56 Å². The summed E-state index contributed by atoms with van der Waals surface area (Å²) in [7, 11) is 2.07. The summed E-state index contributed by atoms with van der Waals surface area (Å²) in [5.74, 6) is -0.236. The van der Waals surface area contributed by atoms with Gasteiger partial charge in [0.1, 0.15) is 10.6 Å². The van der Waals surface area contributed by atoms with Crippen molar-refractivity contribution in [3.63, 3.8) is 0 Å². The van der Waals surface area contributed by atoms with Crippen LogP contribution in [0.3, 0.4) is 0 Å². The molecule has 5 rings (SSSR count). The Morgan fingerprint density at radius 1 is 1.06 bits per heavy atom. The van der Waals surface area contributed by atoms with Crippen LogP contribution in [0.4, 0.5) is 15.8 Å². The number of anilines is 2. The van der Waals surface area contributed by atoms with Crippen LogP contribution in [0.1, 0.15) is 28.1 Å². The van der Waals surface area contributed by atoms with Gasteiger partial charge in [-0.1, -0.05) is 18.2 Å². The summed E-state index contributed by atoms with van der Waals surface area (Å²) in [4.78, 5) is 30.2. The molecule has 1 N–H and O–H groups in total. The van der Waals surface area contributed by atoms with E-state index in [9.17, 15) is 14.0 Å². The molecule has 1 aliphatic heterocycles. The van der Waals surface area contributed by atoms with Crippen molar-refractivity contribution >= 4 is 38.7 Å². The maximum atomic E-state index is 13.9. The minimum atomic E-state index is -0.277. The average molecular weight is 476 g/mol. The summed E-state index contributed by atoms with van der Waals surface area (Å²) in [6.07, 6.45) is 1.62. The number of para-hydroxylation sites is 1. The molecular formula is C27H26FN3O2S. The van der Waals surface area contributed by atoms with Crippen LogP contribution < -0.4 is 10.9 Å². The molecule has 0 radical (unpaired) electrons.